The van der Waals surface area contributed by atoms with Crippen molar-refractivity contribution in [1.29, 1.82) is 0 Å². The molecule has 5 heteroatoms. The monoisotopic (exact) mass is 279 g/mol. The standard InChI is InChI=1S/C15H25N3O2/c1-3-8-18-14(12(20-2)11-16-18)15(19)7-10-17-9-5-4-6-13(15)17/h11,13,19H,3-10H2,1-2H3. The summed E-state index contributed by atoms with van der Waals surface area (Å²) in [6.07, 6.45) is 7.04. The van der Waals surface area contributed by atoms with Crippen LogP contribution >= 0.6 is 0 Å². The second-order valence-corrected chi connectivity index (χ2v) is 6.01. The molecule has 1 aromatic heterocycles. The van der Waals surface area contributed by atoms with Gasteiger partial charge in [-0.3, -0.25) is 9.58 Å². The van der Waals surface area contributed by atoms with Crippen molar-refractivity contribution in [2.24, 2.45) is 0 Å². The van der Waals surface area contributed by atoms with Crippen molar-refractivity contribution in [3.05, 3.63) is 11.9 Å². The Morgan fingerprint density at radius 2 is 2.30 bits per heavy atom. The molecule has 1 aromatic rings. The van der Waals surface area contributed by atoms with E-state index in [1.807, 2.05) is 4.68 Å². The lowest BCUT2D eigenvalue weighted by Crippen LogP contribution is -2.46. The Kier molecular flexibility index (Phi) is 3.73. The molecule has 0 saturated carbocycles. The number of ether oxygens (including phenoxy) is 1. The Bertz CT molecular complexity index is 474. The zero-order chi connectivity index (χ0) is 14.2. The fourth-order valence-electron chi connectivity index (χ4n) is 3.89. The number of piperidine rings is 1. The Morgan fingerprint density at radius 1 is 1.45 bits per heavy atom. The van der Waals surface area contributed by atoms with Gasteiger partial charge in [-0.05, 0) is 32.2 Å². The van der Waals surface area contributed by atoms with Crippen LogP contribution in [0.25, 0.3) is 0 Å². The summed E-state index contributed by atoms with van der Waals surface area (Å²) in [6.45, 7) is 5.04. The van der Waals surface area contributed by atoms with Gasteiger partial charge in [0.1, 0.15) is 11.3 Å². The molecule has 0 radical (unpaired) electrons. The topological polar surface area (TPSA) is 50.5 Å². The molecule has 3 heterocycles. The highest BCUT2D eigenvalue weighted by molar-refractivity contribution is 5.34. The van der Waals surface area contributed by atoms with Crippen LogP contribution < -0.4 is 4.74 Å². The summed E-state index contributed by atoms with van der Waals surface area (Å²) in [7, 11) is 1.66. The van der Waals surface area contributed by atoms with E-state index in [-0.39, 0.29) is 6.04 Å². The number of aliphatic hydroxyl groups is 1. The molecule has 112 valence electrons. The first kappa shape index (κ1) is 13.9. The van der Waals surface area contributed by atoms with Crippen molar-refractivity contribution in [1.82, 2.24) is 14.7 Å². The molecule has 0 aromatic carbocycles. The van der Waals surface area contributed by atoms with Crippen LogP contribution in [0, 0.1) is 0 Å². The van der Waals surface area contributed by atoms with Crippen molar-refractivity contribution >= 4 is 0 Å². The lowest BCUT2D eigenvalue weighted by Gasteiger charge is -2.37. The minimum atomic E-state index is -0.808. The van der Waals surface area contributed by atoms with Crippen molar-refractivity contribution in [3.8, 4) is 5.75 Å². The molecule has 0 bridgehead atoms. The summed E-state index contributed by atoms with van der Waals surface area (Å²) in [4.78, 5) is 2.44. The average Bonchev–Trinajstić information content (AvgIpc) is 3.03. The maximum Gasteiger partial charge on any atom is 0.163 e. The van der Waals surface area contributed by atoms with Crippen LogP contribution in [0.5, 0.6) is 5.75 Å². The summed E-state index contributed by atoms with van der Waals surface area (Å²) < 4.78 is 7.41. The maximum atomic E-state index is 11.4. The number of fused-ring (bicyclic) bond motifs is 1. The molecule has 0 aliphatic carbocycles. The van der Waals surface area contributed by atoms with E-state index in [9.17, 15) is 5.11 Å². The summed E-state index contributed by atoms with van der Waals surface area (Å²) in [6, 6.07) is 0.220. The number of nitrogens with zero attached hydrogens (tertiary/aromatic N) is 3. The molecule has 2 unspecified atom stereocenters. The highest BCUT2D eigenvalue weighted by Crippen LogP contribution is 2.45. The fourth-order valence-corrected chi connectivity index (χ4v) is 3.89. The summed E-state index contributed by atoms with van der Waals surface area (Å²) in [5.74, 6) is 0.730. The van der Waals surface area contributed by atoms with E-state index >= 15 is 0 Å². The van der Waals surface area contributed by atoms with Gasteiger partial charge in [-0.2, -0.15) is 5.10 Å². The molecule has 5 nitrogen and oxygen atoms in total. The smallest absolute Gasteiger partial charge is 0.163 e. The third-order valence-corrected chi connectivity index (χ3v) is 4.82. The van der Waals surface area contributed by atoms with Gasteiger partial charge < -0.3 is 9.84 Å². The van der Waals surface area contributed by atoms with Crippen molar-refractivity contribution in [2.75, 3.05) is 20.2 Å². The molecule has 2 atom stereocenters. The van der Waals surface area contributed by atoms with Crippen LogP contribution in [0.15, 0.2) is 6.20 Å². The number of aromatic nitrogens is 2. The molecular weight excluding hydrogens is 254 g/mol. The SMILES string of the molecule is CCCn1ncc(OC)c1C1(O)CCN2CCCCC21. The summed E-state index contributed by atoms with van der Waals surface area (Å²) in [5.41, 5.74) is 0.0773. The first-order valence-corrected chi connectivity index (χ1v) is 7.77. The molecule has 2 fully saturated rings. The Balaban J connectivity index is 2.00. The average molecular weight is 279 g/mol. The molecule has 0 spiro atoms. The fraction of sp³-hybridized carbons (Fsp3) is 0.800. The van der Waals surface area contributed by atoms with Crippen LogP contribution in [0.2, 0.25) is 0 Å². The lowest BCUT2D eigenvalue weighted by atomic mass is 9.85. The second kappa shape index (κ2) is 5.37. The predicted octanol–water partition coefficient (Wildman–Crippen LogP) is 1.75. The predicted molar refractivity (Wildman–Crippen MR) is 76.8 cm³/mol. The van der Waals surface area contributed by atoms with Gasteiger partial charge in [0, 0.05) is 19.1 Å². The first-order valence-electron chi connectivity index (χ1n) is 7.77. The molecule has 0 amide bonds. The van der Waals surface area contributed by atoms with Gasteiger partial charge in [-0.25, -0.2) is 0 Å². The number of hydrogen-bond acceptors (Lipinski definition) is 4. The number of methoxy groups -OCH3 is 1. The number of aryl methyl sites for hydroxylation is 1. The van der Waals surface area contributed by atoms with Crippen LogP contribution in [-0.4, -0.2) is 46.0 Å². The van der Waals surface area contributed by atoms with Crippen LogP contribution in [0.4, 0.5) is 0 Å². The van der Waals surface area contributed by atoms with Crippen LogP contribution in [0.3, 0.4) is 0 Å². The largest absolute Gasteiger partial charge is 0.493 e. The quantitative estimate of drug-likeness (QED) is 0.912. The van der Waals surface area contributed by atoms with Gasteiger partial charge in [-0.15, -0.1) is 0 Å². The minimum absolute atomic E-state index is 0.220. The van der Waals surface area contributed by atoms with E-state index in [1.54, 1.807) is 13.3 Å². The summed E-state index contributed by atoms with van der Waals surface area (Å²) in [5, 5.41) is 15.8. The summed E-state index contributed by atoms with van der Waals surface area (Å²) >= 11 is 0. The van der Waals surface area contributed by atoms with Gasteiger partial charge in [0.2, 0.25) is 0 Å². The lowest BCUT2D eigenvalue weighted by molar-refractivity contribution is -0.0225. The normalized spacial score (nSPS) is 30.4. The van der Waals surface area contributed by atoms with E-state index in [0.29, 0.717) is 0 Å². The molecule has 2 aliphatic heterocycles. The second-order valence-electron chi connectivity index (χ2n) is 6.01. The van der Waals surface area contributed by atoms with Gasteiger partial charge in [0.25, 0.3) is 0 Å². The molecule has 2 saturated heterocycles. The Labute approximate surface area is 120 Å². The van der Waals surface area contributed by atoms with Gasteiger partial charge in [0.15, 0.2) is 5.75 Å². The Hall–Kier alpha value is -1.07. The van der Waals surface area contributed by atoms with Gasteiger partial charge >= 0.3 is 0 Å². The molecule has 1 N–H and O–H groups in total. The first-order chi connectivity index (χ1) is 9.70. The van der Waals surface area contributed by atoms with Crippen molar-refractivity contribution in [3.63, 3.8) is 0 Å². The zero-order valence-corrected chi connectivity index (χ0v) is 12.5. The number of hydrogen-bond donors (Lipinski definition) is 1. The highest BCUT2D eigenvalue weighted by atomic mass is 16.5. The molecular formula is C15H25N3O2. The molecule has 20 heavy (non-hydrogen) atoms. The van der Waals surface area contributed by atoms with E-state index < -0.39 is 5.60 Å². The molecule has 2 aliphatic rings. The van der Waals surface area contributed by atoms with E-state index in [4.69, 9.17) is 4.74 Å². The van der Waals surface area contributed by atoms with Crippen molar-refractivity contribution in [2.45, 2.75) is 57.2 Å². The van der Waals surface area contributed by atoms with Gasteiger partial charge in [-0.1, -0.05) is 13.3 Å². The third-order valence-electron chi connectivity index (χ3n) is 4.82. The van der Waals surface area contributed by atoms with E-state index in [0.717, 1.165) is 50.3 Å². The van der Waals surface area contributed by atoms with Crippen LogP contribution in [0.1, 0.15) is 44.7 Å². The van der Waals surface area contributed by atoms with E-state index in [1.165, 1.54) is 12.8 Å². The van der Waals surface area contributed by atoms with Gasteiger partial charge in [0.05, 0.1) is 13.3 Å². The number of rotatable bonds is 4. The minimum Gasteiger partial charge on any atom is -0.493 e. The molecule has 3 rings (SSSR count). The third kappa shape index (κ3) is 2.04. The maximum absolute atomic E-state index is 11.4. The van der Waals surface area contributed by atoms with E-state index in [2.05, 4.69) is 16.9 Å². The zero-order valence-electron chi connectivity index (χ0n) is 12.5. The van der Waals surface area contributed by atoms with Crippen molar-refractivity contribution < 1.29 is 9.84 Å². The van der Waals surface area contributed by atoms with Crippen LogP contribution in [-0.2, 0) is 12.1 Å². The highest BCUT2D eigenvalue weighted by Gasteiger charge is 2.51. The Morgan fingerprint density at radius 3 is 3.05 bits per heavy atom.